The van der Waals surface area contributed by atoms with Crippen LogP contribution in [0.25, 0.3) is 0 Å². The monoisotopic (exact) mass is 260 g/mol. The summed E-state index contributed by atoms with van der Waals surface area (Å²) < 4.78 is 9.93. The Labute approximate surface area is 109 Å². The molecule has 0 saturated carbocycles. The van der Waals surface area contributed by atoms with Gasteiger partial charge >= 0.3 is 12.1 Å². The van der Waals surface area contributed by atoms with Crippen molar-refractivity contribution in [3.63, 3.8) is 0 Å². The van der Waals surface area contributed by atoms with E-state index in [1.807, 2.05) is 6.92 Å². The third-order valence-electron chi connectivity index (χ3n) is 2.18. The van der Waals surface area contributed by atoms with Crippen LogP contribution < -0.4 is 5.43 Å². The molecule has 0 aromatic rings. The van der Waals surface area contributed by atoms with E-state index in [0.717, 1.165) is 6.42 Å². The van der Waals surface area contributed by atoms with Crippen molar-refractivity contribution in [2.75, 3.05) is 14.2 Å². The van der Waals surface area contributed by atoms with E-state index in [1.165, 1.54) is 12.1 Å². The normalized spacial score (nSPS) is 12.8. The van der Waals surface area contributed by atoms with Crippen LogP contribution in [0, 0.1) is 0 Å². The van der Waals surface area contributed by atoms with Gasteiger partial charge in [-0.15, -0.1) is 0 Å². The Balaban J connectivity index is 4.89. The van der Waals surface area contributed by atoms with Crippen LogP contribution in [-0.4, -0.2) is 42.9 Å². The third-order valence-corrected chi connectivity index (χ3v) is 2.18. The molecule has 0 aliphatic carbocycles. The summed E-state index contributed by atoms with van der Waals surface area (Å²) in [7, 11) is 2.86. The van der Waals surface area contributed by atoms with Gasteiger partial charge < -0.3 is 9.47 Å². The quantitative estimate of drug-likeness (QED) is 0.602. The molecule has 106 valence electrons. The summed E-state index contributed by atoms with van der Waals surface area (Å²) in [5.41, 5.74) is 2.07. The summed E-state index contributed by atoms with van der Waals surface area (Å²) in [6.07, 6.45) is 0.668. The number of hydrogen-bond acceptors (Lipinski definition) is 5. The van der Waals surface area contributed by atoms with Gasteiger partial charge in [-0.25, -0.2) is 20.0 Å². The first-order valence-corrected chi connectivity index (χ1v) is 6.04. The van der Waals surface area contributed by atoms with Crippen molar-refractivity contribution < 1.29 is 19.1 Å². The molecule has 1 N–H and O–H groups in total. The molecule has 0 unspecified atom stereocenters. The van der Waals surface area contributed by atoms with Crippen LogP contribution in [0.1, 0.15) is 40.5 Å². The molecule has 6 heteroatoms. The Hall–Kier alpha value is -1.30. The molecule has 0 fully saturated rings. The lowest BCUT2D eigenvalue weighted by Gasteiger charge is -2.31. The molecule has 0 bridgehead atoms. The van der Waals surface area contributed by atoms with Crippen LogP contribution in [0.5, 0.6) is 0 Å². The van der Waals surface area contributed by atoms with Crippen LogP contribution in [0.3, 0.4) is 0 Å². The lowest BCUT2D eigenvalue weighted by atomic mass is 10.1. The smallest absolute Gasteiger partial charge is 0.425 e. The van der Waals surface area contributed by atoms with Crippen LogP contribution in [0.4, 0.5) is 4.79 Å². The number of ether oxygens (including phenoxy) is 2. The molecule has 0 heterocycles. The van der Waals surface area contributed by atoms with E-state index in [4.69, 9.17) is 9.47 Å². The predicted molar refractivity (Wildman–Crippen MR) is 67.8 cm³/mol. The van der Waals surface area contributed by atoms with E-state index < -0.39 is 23.7 Å². The van der Waals surface area contributed by atoms with Crippen molar-refractivity contribution in [3.05, 3.63) is 0 Å². The third kappa shape index (κ3) is 5.35. The van der Waals surface area contributed by atoms with E-state index in [9.17, 15) is 9.59 Å². The largest absolute Gasteiger partial charge is 0.467 e. The maximum Gasteiger partial charge on any atom is 0.425 e. The van der Waals surface area contributed by atoms with Gasteiger partial charge in [0, 0.05) is 7.05 Å². The number of carbonyl (C=O) groups is 2. The average Bonchev–Trinajstić information content (AvgIpc) is 2.25. The van der Waals surface area contributed by atoms with Gasteiger partial charge in [0.2, 0.25) is 0 Å². The molecule has 18 heavy (non-hydrogen) atoms. The van der Waals surface area contributed by atoms with Crippen LogP contribution >= 0.6 is 0 Å². The molecule has 0 radical (unpaired) electrons. The number of methoxy groups -OCH3 is 1. The van der Waals surface area contributed by atoms with Crippen molar-refractivity contribution in [1.82, 2.24) is 10.4 Å². The Bertz CT molecular complexity index is 286. The molecular formula is C12H24N2O4. The van der Waals surface area contributed by atoms with E-state index in [0.29, 0.717) is 6.42 Å². The molecule has 0 rings (SSSR count). The summed E-state index contributed by atoms with van der Waals surface area (Å²) in [4.78, 5) is 23.6. The minimum atomic E-state index is -0.681. The Morgan fingerprint density at radius 2 is 1.89 bits per heavy atom. The lowest BCUT2D eigenvalue weighted by molar-refractivity contribution is -0.148. The maximum atomic E-state index is 12.0. The maximum absolute atomic E-state index is 12.0. The molecule has 0 aliphatic heterocycles. The van der Waals surface area contributed by atoms with Crippen LogP contribution in [0.15, 0.2) is 0 Å². The molecule has 6 nitrogen and oxygen atoms in total. The second-order valence-corrected chi connectivity index (χ2v) is 4.90. The molecule has 0 aromatic carbocycles. The fourth-order valence-electron chi connectivity index (χ4n) is 1.45. The van der Waals surface area contributed by atoms with E-state index in [-0.39, 0.29) is 0 Å². The van der Waals surface area contributed by atoms with Gasteiger partial charge in [0.15, 0.2) is 0 Å². The molecule has 1 amide bonds. The zero-order valence-corrected chi connectivity index (χ0v) is 12.1. The summed E-state index contributed by atoms with van der Waals surface area (Å²) in [6.45, 7) is 7.24. The van der Waals surface area contributed by atoms with Gasteiger partial charge in [0.1, 0.15) is 11.6 Å². The number of hydrazine groups is 1. The molecule has 0 spiro atoms. The van der Waals surface area contributed by atoms with Crippen molar-refractivity contribution in [2.45, 2.75) is 52.2 Å². The molecule has 0 aromatic heterocycles. The first-order chi connectivity index (χ1) is 8.26. The molecular weight excluding hydrogens is 236 g/mol. The minimum Gasteiger partial charge on any atom is -0.467 e. The predicted octanol–water partition coefficient (Wildman–Crippen LogP) is 1.70. The standard InChI is InChI=1S/C12H24N2O4/c1-7-8-9(10(15)17-6)14(13-5)11(16)18-12(2,3)4/h9,13H,7-8H2,1-6H3/t9-/m0/s1. The average molecular weight is 260 g/mol. The Kier molecular flexibility index (Phi) is 6.68. The zero-order chi connectivity index (χ0) is 14.3. The number of nitrogens with one attached hydrogen (secondary N) is 1. The van der Waals surface area contributed by atoms with Gasteiger partial charge in [0.25, 0.3) is 0 Å². The van der Waals surface area contributed by atoms with Crippen molar-refractivity contribution in [2.24, 2.45) is 0 Å². The summed E-state index contributed by atoms with van der Waals surface area (Å²) in [5.74, 6) is -0.461. The summed E-state index contributed by atoms with van der Waals surface area (Å²) in [6, 6.07) is -0.681. The molecule has 1 atom stereocenters. The van der Waals surface area contributed by atoms with Crippen LogP contribution in [0.2, 0.25) is 0 Å². The highest BCUT2D eigenvalue weighted by atomic mass is 16.6. The SMILES string of the molecule is CCC[C@@H](C(=O)OC)N(NC)C(=O)OC(C)(C)C. The minimum absolute atomic E-state index is 0.461. The van der Waals surface area contributed by atoms with Gasteiger partial charge in [-0.05, 0) is 27.2 Å². The number of nitrogens with zero attached hydrogens (tertiary/aromatic N) is 1. The Morgan fingerprint density at radius 3 is 2.22 bits per heavy atom. The van der Waals surface area contributed by atoms with Crippen molar-refractivity contribution in [3.8, 4) is 0 Å². The second-order valence-electron chi connectivity index (χ2n) is 4.90. The highest BCUT2D eigenvalue weighted by Crippen LogP contribution is 2.13. The fourth-order valence-corrected chi connectivity index (χ4v) is 1.45. The van der Waals surface area contributed by atoms with E-state index in [2.05, 4.69) is 5.43 Å². The van der Waals surface area contributed by atoms with Crippen molar-refractivity contribution in [1.29, 1.82) is 0 Å². The first-order valence-electron chi connectivity index (χ1n) is 6.04. The highest BCUT2D eigenvalue weighted by molar-refractivity contribution is 5.81. The van der Waals surface area contributed by atoms with Gasteiger partial charge in [0.05, 0.1) is 7.11 Å². The number of hydrogen-bond donors (Lipinski definition) is 1. The lowest BCUT2D eigenvalue weighted by Crippen LogP contribution is -2.53. The van der Waals surface area contributed by atoms with E-state index in [1.54, 1.807) is 27.8 Å². The van der Waals surface area contributed by atoms with E-state index >= 15 is 0 Å². The number of amides is 1. The summed E-state index contributed by atoms with van der Waals surface area (Å²) >= 11 is 0. The van der Waals surface area contributed by atoms with Crippen molar-refractivity contribution >= 4 is 12.1 Å². The fraction of sp³-hybridized carbons (Fsp3) is 0.833. The van der Waals surface area contributed by atoms with Gasteiger partial charge in [-0.2, -0.15) is 0 Å². The van der Waals surface area contributed by atoms with Crippen LogP contribution in [-0.2, 0) is 14.3 Å². The van der Waals surface area contributed by atoms with Gasteiger partial charge in [-0.3, -0.25) is 0 Å². The highest BCUT2D eigenvalue weighted by Gasteiger charge is 2.32. The van der Waals surface area contributed by atoms with Gasteiger partial charge in [-0.1, -0.05) is 13.3 Å². The zero-order valence-electron chi connectivity index (χ0n) is 12.1. The second kappa shape index (κ2) is 7.20. The number of carbonyl (C=O) groups excluding carboxylic acids is 2. The number of esters is 1. The topological polar surface area (TPSA) is 67.9 Å². The number of rotatable bonds is 5. The first kappa shape index (κ1) is 16.7. The summed E-state index contributed by atoms with van der Waals surface area (Å²) in [5, 5.41) is 1.17. The molecule has 0 aliphatic rings. The Morgan fingerprint density at radius 1 is 1.33 bits per heavy atom. The molecule has 0 saturated heterocycles.